The predicted octanol–water partition coefficient (Wildman–Crippen LogP) is 3.00. The normalized spacial score (nSPS) is 17.7. The number of carbonyl (C=O) groups excluding carboxylic acids is 2. The Bertz CT molecular complexity index is 951. The van der Waals surface area contributed by atoms with Crippen molar-refractivity contribution in [2.75, 3.05) is 13.1 Å². The topological polar surface area (TPSA) is 63.4 Å². The molecule has 1 atom stereocenters. The van der Waals surface area contributed by atoms with Gasteiger partial charge < -0.3 is 10.6 Å². The van der Waals surface area contributed by atoms with Gasteiger partial charge in [-0.3, -0.25) is 9.59 Å². The van der Waals surface area contributed by atoms with Crippen LogP contribution in [-0.2, 0) is 11.2 Å². The Labute approximate surface area is 151 Å². The van der Waals surface area contributed by atoms with Crippen LogP contribution in [0.4, 0.5) is 4.39 Å². The first kappa shape index (κ1) is 16.5. The average Bonchev–Trinajstić information content (AvgIpc) is 3.25. The Morgan fingerprint density at radius 1 is 1.31 bits per heavy atom. The largest absolute Gasteiger partial charge is 0.366 e. The Hall–Kier alpha value is -2.95. The molecule has 2 amide bonds. The summed E-state index contributed by atoms with van der Waals surface area (Å²) in [6.07, 6.45) is 2.54. The van der Waals surface area contributed by atoms with E-state index in [1.165, 1.54) is 12.1 Å². The van der Waals surface area contributed by atoms with Gasteiger partial charge in [-0.15, -0.1) is 0 Å². The van der Waals surface area contributed by atoms with Crippen LogP contribution in [0.2, 0.25) is 0 Å². The maximum absolute atomic E-state index is 15.1. The van der Waals surface area contributed by atoms with E-state index in [0.29, 0.717) is 31.5 Å². The average molecular weight is 350 g/mol. The summed E-state index contributed by atoms with van der Waals surface area (Å²) in [7, 11) is 0. The van der Waals surface area contributed by atoms with E-state index in [0.717, 1.165) is 22.3 Å². The summed E-state index contributed by atoms with van der Waals surface area (Å²) in [5, 5.41) is 0. The number of carbonyl (C=O) groups is 2. The molecule has 0 radical (unpaired) electrons. The SMILES string of the molecule is C=CC(=O)N1CCC(c2c(F)cc(C(N)=O)c3c2-c2ccccc2C3)C1. The summed E-state index contributed by atoms with van der Waals surface area (Å²) in [4.78, 5) is 25.5. The molecule has 4 rings (SSSR count). The monoisotopic (exact) mass is 350 g/mol. The molecule has 1 saturated heterocycles. The second-order valence-corrected chi connectivity index (χ2v) is 6.85. The molecule has 2 aromatic carbocycles. The first-order chi connectivity index (χ1) is 12.5. The van der Waals surface area contributed by atoms with Gasteiger partial charge in [0, 0.05) is 30.1 Å². The summed E-state index contributed by atoms with van der Waals surface area (Å²) in [5.74, 6) is -1.29. The highest BCUT2D eigenvalue weighted by Gasteiger charge is 2.35. The van der Waals surface area contributed by atoms with Gasteiger partial charge in [-0.25, -0.2) is 4.39 Å². The lowest BCUT2D eigenvalue weighted by Gasteiger charge is -2.19. The molecule has 2 aliphatic rings. The fourth-order valence-electron chi connectivity index (χ4n) is 4.25. The second kappa shape index (κ2) is 6.09. The lowest BCUT2D eigenvalue weighted by Crippen LogP contribution is -2.26. The minimum absolute atomic E-state index is 0.110. The molecular weight excluding hydrogens is 331 g/mol. The van der Waals surface area contributed by atoms with Crippen LogP contribution in [0.15, 0.2) is 43.0 Å². The van der Waals surface area contributed by atoms with Crippen molar-refractivity contribution in [3.63, 3.8) is 0 Å². The molecule has 0 bridgehead atoms. The van der Waals surface area contributed by atoms with Gasteiger partial charge in [0.15, 0.2) is 0 Å². The third kappa shape index (κ3) is 2.43. The Kier molecular flexibility index (Phi) is 3.87. The summed E-state index contributed by atoms with van der Waals surface area (Å²) in [6, 6.07) is 9.06. The number of amides is 2. The van der Waals surface area contributed by atoms with Crippen molar-refractivity contribution in [1.29, 1.82) is 0 Å². The van der Waals surface area contributed by atoms with Gasteiger partial charge in [0.1, 0.15) is 5.82 Å². The van der Waals surface area contributed by atoms with Gasteiger partial charge in [0.05, 0.1) is 0 Å². The maximum Gasteiger partial charge on any atom is 0.249 e. The number of primary amides is 1. The van der Waals surface area contributed by atoms with Crippen LogP contribution in [0.3, 0.4) is 0 Å². The van der Waals surface area contributed by atoms with Gasteiger partial charge in [-0.1, -0.05) is 30.8 Å². The van der Waals surface area contributed by atoms with Gasteiger partial charge in [-0.2, -0.15) is 0 Å². The Balaban J connectivity index is 1.87. The minimum atomic E-state index is -0.616. The molecule has 26 heavy (non-hydrogen) atoms. The van der Waals surface area contributed by atoms with Crippen LogP contribution >= 0.6 is 0 Å². The van der Waals surface area contributed by atoms with Gasteiger partial charge in [-0.05, 0) is 47.2 Å². The van der Waals surface area contributed by atoms with Crippen LogP contribution in [0.5, 0.6) is 0 Å². The van der Waals surface area contributed by atoms with Crippen LogP contribution in [0.25, 0.3) is 11.1 Å². The zero-order valence-corrected chi connectivity index (χ0v) is 14.3. The van der Waals surface area contributed by atoms with Crippen molar-refractivity contribution < 1.29 is 14.0 Å². The molecule has 2 aromatic rings. The molecule has 5 heteroatoms. The van der Waals surface area contributed by atoms with E-state index in [9.17, 15) is 9.59 Å². The zero-order chi connectivity index (χ0) is 18.4. The predicted molar refractivity (Wildman–Crippen MR) is 97.3 cm³/mol. The lowest BCUT2D eigenvalue weighted by molar-refractivity contribution is -0.125. The van der Waals surface area contributed by atoms with E-state index >= 15 is 4.39 Å². The van der Waals surface area contributed by atoms with Crippen molar-refractivity contribution in [2.45, 2.75) is 18.8 Å². The number of hydrogen-bond donors (Lipinski definition) is 1. The summed E-state index contributed by atoms with van der Waals surface area (Å²) in [6.45, 7) is 4.55. The summed E-state index contributed by atoms with van der Waals surface area (Å²) < 4.78 is 15.1. The van der Waals surface area contributed by atoms with Gasteiger partial charge in [0.25, 0.3) is 0 Å². The molecule has 1 aliphatic heterocycles. The van der Waals surface area contributed by atoms with Crippen LogP contribution in [-0.4, -0.2) is 29.8 Å². The molecule has 1 unspecified atom stereocenters. The van der Waals surface area contributed by atoms with E-state index in [4.69, 9.17) is 5.73 Å². The van der Waals surface area contributed by atoms with E-state index in [1.54, 1.807) is 4.90 Å². The van der Waals surface area contributed by atoms with E-state index in [-0.39, 0.29) is 17.4 Å². The third-order valence-electron chi connectivity index (χ3n) is 5.43. The first-order valence-corrected chi connectivity index (χ1v) is 8.66. The van der Waals surface area contributed by atoms with Crippen LogP contribution in [0.1, 0.15) is 39.4 Å². The number of halogens is 1. The fourth-order valence-corrected chi connectivity index (χ4v) is 4.25. The molecule has 0 aromatic heterocycles. The van der Waals surface area contributed by atoms with Crippen molar-refractivity contribution >= 4 is 11.8 Å². The van der Waals surface area contributed by atoms with Gasteiger partial charge in [0.2, 0.25) is 11.8 Å². The van der Waals surface area contributed by atoms with Crippen LogP contribution < -0.4 is 5.73 Å². The van der Waals surface area contributed by atoms with E-state index in [2.05, 4.69) is 6.58 Å². The van der Waals surface area contributed by atoms with Crippen molar-refractivity contribution in [3.8, 4) is 11.1 Å². The highest BCUT2D eigenvalue weighted by Crippen LogP contribution is 2.46. The molecule has 1 heterocycles. The Morgan fingerprint density at radius 2 is 2.08 bits per heavy atom. The molecule has 4 nitrogen and oxygen atoms in total. The molecule has 1 fully saturated rings. The number of benzene rings is 2. The molecule has 2 N–H and O–H groups in total. The number of nitrogens with zero attached hydrogens (tertiary/aromatic N) is 1. The van der Waals surface area contributed by atoms with Crippen molar-refractivity contribution in [1.82, 2.24) is 4.90 Å². The number of rotatable bonds is 3. The zero-order valence-electron chi connectivity index (χ0n) is 14.3. The summed E-state index contributed by atoms with van der Waals surface area (Å²) >= 11 is 0. The fraction of sp³-hybridized carbons (Fsp3) is 0.238. The lowest BCUT2D eigenvalue weighted by atomic mass is 9.87. The smallest absolute Gasteiger partial charge is 0.249 e. The molecule has 132 valence electrons. The number of likely N-dealkylation sites (tertiary alicyclic amines) is 1. The number of nitrogens with two attached hydrogens (primary N) is 1. The highest BCUT2D eigenvalue weighted by molar-refractivity contribution is 5.99. The quantitative estimate of drug-likeness (QED) is 0.738. The number of hydrogen-bond acceptors (Lipinski definition) is 2. The second-order valence-electron chi connectivity index (χ2n) is 6.85. The molecule has 0 spiro atoms. The minimum Gasteiger partial charge on any atom is -0.366 e. The number of fused-ring (bicyclic) bond motifs is 3. The standard InChI is InChI=1S/C21H19FN2O2/c1-2-18(25)24-8-7-13(11-24)19-17(22)10-16(21(23)26)15-9-12-5-3-4-6-14(12)20(15)19/h2-6,10,13H,1,7-9,11H2,(H2,23,26). The molecule has 1 aliphatic carbocycles. The Morgan fingerprint density at radius 3 is 2.81 bits per heavy atom. The van der Waals surface area contributed by atoms with Gasteiger partial charge >= 0.3 is 0 Å². The van der Waals surface area contributed by atoms with Crippen molar-refractivity contribution in [2.24, 2.45) is 5.73 Å². The van der Waals surface area contributed by atoms with Crippen molar-refractivity contribution in [3.05, 3.63) is 71.1 Å². The first-order valence-electron chi connectivity index (χ1n) is 8.66. The summed E-state index contributed by atoms with van der Waals surface area (Å²) in [5.41, 5.74) is 9.94. The highest BCUT2D eigenvalue weighted by atomic mass is 19.1. The maximum atomic E-state index is 15.1. The third-order valence-corrected chi connectivity index (χ3v) is 5.43. The molecule has 0 saturated carbocycles. The van der Waals surface area contributed by atoms with E-state index in [1.807, 2.05) is 24.3 Å². The van der Waals surface area contributed by atoms with E-state index < -0.39 is 11.7 Å². The molecular formula is C21H19FN2O2. The van der Waals surface area contributed by atoms with Crippen LogP contribution in [0, 0.1) is 5.82 Å².